The summed E-state index contributed by atoms with van der Waals surface area (Å²) >= 11 is 0. The lowest BCUT2D eigenvalue weighted by Gasteiger charge is -2.06. The van der Waals surface area contributed by atoms with Crippen LogP contribution in [0.2, 0.25) is 0 Å². The molecule has 94 valence electrons. The Labute approximate surface area is 105 Å². The van der Waals surface area contributed by atoms with E-state index in [9.17, 15) is 4.79 Å². The lowest BCUT2D eigenvalue weighted by Crippen LogP contribution is -2.19. The molecule has 0 saturated heterocycles. The Balaban J connectivity index is 2.12. The number of primary amides is 1. The molecule has 0 unspecified atom stereocenters. The first-order valence-electron chi connectivity index (χ1n) is 5.60. The van der Waals surface area contributed by atoms with Crippen LogP contribution in [0.3, 0.4) is 0 Å². The Morgan fingerprint density at radius 1 is 1.39 bits per heavy atom. The van der Waals surface area contributed by atoms with Crippen LogP contribution in [0.5, 0.6) is 5.75 Å². The van der Waals surface area contributed by atoms with Crippen molar-refractivity contribution in [3.8, 4) is 5.75 Å². The molecule has 0 aliphatic heterocycles. The van der Waals surface area contributed by atoms with Crippen molar-refractivity contribution in [1.82, 2.24) is 9.55 Å². The van der Waals surface area contributed by atoms with E-state index in [0.29, 0.717) is 6.42 Å². The van der Waals surface area contributed by atoms with Crippen LogP contribution in [0, 0.1) is 0 Å². The van der Waals surface area contributed by atoms with E-state index in [4.69, 9.17) is 10.5 Å². The van der Waals surface area contributed by atoms with Gasteiger partial charge in [-0.05, 0) is 17.7 Å². The summed E-state index contributed by atoms with van der Waals surface area (Å²) in [4.78, 5) is 15.1. The van der Waals surface area contributed by atoms with Gasteiger partial charge in [0, 0.05) is 18.8 Å². The number of hydrogen-bond donors (Lipinski definition) is 1. The van der Waals surface area contributed by atoms with Crippen molar-refractivity contribution in [3.05, 3.63) is 48.0 Å². The first-order chi connectivity index (χ1) is 8.69. The maximum absolute atomic E-state index is 10.9. The van der Waals surface area contributed by atoms with Gasteiger partial charge in [-0.3, -0.25) is 4.79 Å². The van der Waals surface area contributed by atoms with Gasteiger partial charge in [0.05, 0.1) is 7.11 Å². The second-order valence-electron chi connectivity index (χ2n) is 3.96. The molecule has 1 aromatic heterocycles. The molecule has 2 rings (SSSR count). The summed E-state index contributed by atoms with van der Waals surface area (Å²) in [7, 11) is 1.63. The van der Waals surface area contributed by atoms with Gasteiger partial charge in [0.15, 0.2) is 0 Å². The molecule has 2 aromatic rings. The maximum atomic E-state index is 10.9. The number of amides is 1. The number of hydrogen-bond acceptors (Lipinski definition) is 3. The fourth-order valence-corrected chi connectivity index (χ4v) is 1.75. The van der Waals surface area contributed by atoms with Gasteiger partial charge in [-0.25, -0.2) is 4.98 Å². The molecule has 0 saturated carbocycles. The normalized spacial score (nSPS) is 10.3. The summed E-state index contributed by atoms with van der Waals surface area (Å²) in [5.74, 6) is 1.27. The van der Waals surface area contributed by atoms with Gasteiger partial charge in [-0.15, -0.1) is 0 Å². The summed E-state index contributed by atoms with van der Waals surface area (Å²) < 4.78 is 6.86. The first kappa shape index (κ1) is 12.2. The van der Waals surface area contributed by atoms with E-state index >= 15 is 0 Å². The number of carbonyl (C=O) groups excluding carboxylic acids is 1. The van der Waals surface area contributed by atoms with Crippen LogP contribution >= 0.6 is 0 Å². The standard InChI is InChI=1S/C13H15N3O2/c1-18-11-4-2-10(3-5-11)8-13-15-6-7-16(13)9-12(14)17/h2-7H,8-9H2,1H3,(H2,14,17). The van der Waals surface area contributed by atoms with Gasteiger partial charge in [0.1, 0.15) is 18.1 Å². The van der Waals surface area contributed by atoms with E-state index in [0.717, 1.165) is 17.1 Å². The third-order valence-electron chi connectivity index (χ3n) is 2.65. The van der Waals surface area contributed by atoms with Crippen LogP contribution < -0.4 is 10.5 Å². The van der Waals surface area contributed by atoms with Gasteiger partial charge in [0.25, 0.3) is 0 Å². The highest BCUT2D eigenvalue weighted by Gasteiger charge is 2.06. The number of ether oxygens (including phenoxy) is 1. The Bertz CT molecular complexity index is 531. The maximum Gasteiger partial charge on any atom is 0.237 e. The first-order valence-corrected chi connectivity index (χ1v) is 5.60. The molecule has 0 bridgehead atoms. The Morgan fingerprint density at radius 3 is 2.72 bits per heavy atom. The quantitative estimate of drug-likeness (QED) is 0.853. The molecule has 1 heterocycles. The van der Waals surface area contributed by atoms with E-state index in [1.807, 2.05) is 24.3 Å². The van der Waals surface area contributed by atoms with Crippen LogP contribution in [-0.2, 0) is 17.8 Å². The fourth-order valence-electron chi connectivity index (χ4n) is 1.75. The highest BCUT2D eigenvalue weighted by atomic mass is 16.5. The van der Waals surface area contributed by atoms with Crippen molar-refractivity contribution in [1.29, 1.82) is 0 Å². The zero-order valence-corrected chi connectivity index (χ0v) is 10.2. The fraction of sp³-hybridized carbons (Fsp3) is 0.231. The van der Waals surface area contributed by atoms with E-state index < -0.39 is 0 Å². The molecule has 18 heavy (non-hydrogen) atoms. The third-order valence-corrected chi connectivity index (χ3v) is 2.65. The molecule has 0 radical (unpaired) electrons. The van der Waals surface area contributed by atoms with Crippen molar-refractivity contribution in [3.63, 3.8) is 0 Å². The van der Waals surface area contributed by atoms with Crippen LogP contribution in [0.1, 0.15) is 11.4 Å². The minimum absolute atomic E-state index is 0.158. The minimum atomic E-state index is -0.371. The summed E-state index contributed by atoms with van der Waals surface area (Å²) in [6, 6.07) is 7.75. The molecule has 1 aromatic carbocycles. The smallest absolute Gasteiger partial charge is 0.237 e. The van der Waals surface area contributed by atoms with Gasteiger partial charge in [-0.1, -0.05) is 12.1 Å². The predicted molar refractivity (Wildman–Crippen MR) is 67.2 cm³/mol. The number of imidazole rings is 1. The Kier molecular flexibility index (Phi) is 3.62. The van der Waals surface area contributed by atoms with Crippen molar-refractivity contribution in [2.24, 2.45) is 5.73 Å². The summed E-state index contributed by atoms with van der Waals surface area (Å²) in [5, 5.41) is 0. The second kappa shape index (κ2) is 5.35. The molecule has 0 fully saturated rings. The highest BCUT2D eigenvalue weighted by molar-refractivity contribution is 5.73. The minimum Gasteiger partial charge on any atom is -0.497 e. The molecular formula is C13H15N3O2. The summed E-state index contributed by atoms with van der Waals surface area (Å²) in [6.45, 7) is 0.158. The molecule has 0 spiro atoms. The number of carbonyl (C=O) groups is 1. The largest absolute Gasteiger partial charge is 0.497 e. The average Bonchev–Trinajstić information content (AvgIpc) is 2.77. The average molecular weight is 245 g/mol. The van der Waals surface area contributed by atoms with E-state index in [1.54, 1.807) is 24.1 Å². The molecule has 5 heteroatoms. The monoisotopic (exact) mass is 245 g/mol. The van der Waals surface area contributed by atoms with Crippen molar-refractivity contribution in [2.75, 3.05) is 7.11 Å². The molecule has 0 atom stereocenters. The summed E-state index contributed by atoms with van der Waals surface area (Å²) in [6.07, 6.45) is 4.08. The third kappa shape index (κ3) is 2.88. The van der Waals surface area contributed by atoms with Crippen molar-refractivity contribution < 1.29 is 9.53 Å². The van der Waals surface area contributed by atoms with Crippen LogP contribution in [0.4, 0.5) is 0 Å². The number of rotatable bonds is 5. The molecule has 0 aliphatic rings. The zero-order chi connectivity index (χ0) is 13.0. The lowest BCUT2D eigenvalue weighted by molar-refractivity contribution is -0.118. The van der Waals surface area contributed by atoms with Gasteiger partial charge < -0.3 is 15.0 Å². The Morgan fingerprint density at radius 2 is 2.11 bits per heavy atom. The number of methoxy groups -OCH3 is 1. The summed E-state index contributed by atoms with van der Waals surface area (Å²) in [5.41, 5.74) is 6.28. The van der Waals surface area contributed by atoms with Crippen LogP contribution in [-0.4, -0.2) is 22.6 Å². The lowest BCUT2D eigenvalue weighted by atomic mass is 10.1. The van der Waals surface area contributed by atoms with Crippen LogP contribution in [0.25, 0.3) is 0 Å². The van der Waals surface area contributed by atoms with Crippen molar-refractivity contribution in [2.45, 2.75) is 13.0 Å². The topological polar surface area (TPSA) is 70.1 Å². The number of benzene rings is 1. The Hall–Kier alpha value is -2.30. The molecule has 2 N–H and O–H groups in total. The van der Waals surface area contributed by atoms with E-state index in [-0.39, 0.29) is 12.5 Å². The molecule has 0 aliphatic carbocycles. The zero-order valence-electron chi connectivity index (χ0n) is 10.2. The van der Waals surface area contributed by atoms with Gasteiger partial charge in [0.2, 0.25) is 5.91 Å². The van der Waals surface area contributed by atoms with Crippen molar-refractivity contribution >= 4 is 5.91 Å². The van der Waals surface area contributed by atoms with Crippen LogP contribution in [0.15, 0.2) is 36.7 Å². The SMILES string of the molecule is COc1ccc(Cc2nccn2CC(N)=O)cc1. The second-order valence-corrected chi connectivity index (χ2v) is 3.96. The van der Waals surface area contributed by atoms with E-state index in [2.05, 4.69) is 4.98 Å². The highest BCUT2D eigenvalue weighted by Crippen LogP contribution is 2.14. The predicted octanol–water partition coefficient (Wildman–Crippen LogP) is 0.968. The molecular weight excluding hydrogens is 230 g/mol. The molecule has 5 nitrogen and oxygen atoms in total. The van der Waals surface area contributed by atoms with E-state index in [1.165, 1.54) is 0 Å². The number of aromatic nitrogens is 2. The number of nitrogens with zero attached hydrogens (tertiary/aromatic N) is 2. The van der Waals surface area contributed by atoms with Gasteiger partial charge >= 0.3 is 0 Å². The van der Waals surface area contributed by atoms with Gasteiger partial charge in [-0.2, -0.15) is 0 Å². The molecule has 1 amide bonds. The number of nitrogens with two attached hydrogens (primary N) is 1.